The number of aromatic carboxylic acids is 1. The zero-order valence-electron chi connectivity index (χ0n) is 9.88. The number of rotatable bonds is 2. The Morgan fingerprint density at radius 1 is 1.53 bits per heavy atom. The second kappa shape index (κ2) is 4.34. The van der Waals surface area contributed by atoms with Crippen LogP contribution in [0.5, 0.6) is 0 Å². The maximum atomic E-state index is 13.3. The Hall–Kier alpha value is -2.44. The van der Waals surface area contributed by atoms with Gasteiger partial charge in [0.15, 0.2) is 0 Å². The predicted molar refractivity (Wildman–Crippen MR) is 64.6 cm³/mol. The summed E-state index contributed by atoms with van der Waals surface area (Å²) in [7, 11) is 0. The number of benzene rings is 1. The monoisotopic (exact) mass is 262 g/mol. The van der Waals surface area contributed by atoms with E-state index in [0.717, 1.165) is 5.56 Å². The first kappa shape index (κ1) is 11.6. The minimum Gasteiger partial charge on any atom is -0.475 e. The second-order valence-corrected chi connectivity index (χ2v) is 4.29. The van der Waals surface area contributed by atoms with Gasteiger partial charge in [0.1, 0.15) is 5.82 Å². The van der Waals surface area contributed by atoms with Gasteiger partial charge in [-0.1, -0.05) is 12.1 Å². The Labute approximate surface area is 107 Å². The lowest BCUT2D eigenvalue weighted by Crippen LogP contribution is -2.24. The number of carbonyl (C=O) groups is 1. The molecule has 3 rings (SSSR count). The topological polar surface area (TPSA) is 80.0 Å². The molecule has 0 radical (unpaired) electrons. The van der Waals surface area contributed by atoms with Crippen molar-refractivity contribution in [1.82, 2.24) is 14.8 Å². The minimum atomic E-state index is -1.18. The van der Waals surface area contributed by atoms with Gasteiger partial charge >= 0.3 is 5.97 Å². The second-order valence-electron chi connectivity index (χ2n) is 4.29. The summed E-state index contributed by atoms with van der Waals surface area (Å²) in [6.07, 6.45) is 0.693. The molecule has 2 N–H and O–H groups in total. The van der Waals surface area contributed by atoms with E-state index >= 15 is 0 Å². The molecule has 19 heavy (non-hydrogen) atoms. The average molecular weight is 262 g/mol. The van der Waals surface area contributed by atoms with Gasteiger partial charge in [-0.3, -0.25) is 0 Å². The first-order valence-corrected chi connectivity index (χ1v) is 5.84. The molecule has 2 aromatic rings. The molecule has 0 spiro atoms. The highest BCUT2D eigenvalue weighted by molar-refractivity contribution is 5.83. The van der Waals surface area contributed by atoms with Crippen molar-refractivity contribution in [2.24, 2.45) is 0 Å². The molecule has 0 saturated carbocycles. The van der Waals surface area contributed by atoms with Crippen molar-refractivity contribution in [2.75, 3.05) is 11.9 Å². The molecule has 7 heteroatoms. The van der Waals surface area contributed by atoms with Gasteiger partial charge in [-0.2, -0.15) is 4.98 Å². The summed E-state index contributed by atoms with van der Waals surface area (Å²) < 4.78 is 14.8. The summed E-state index contributed by atoms with van der Waals surface area (Å²) in [5.41, 5.74) is 0.754. The van der Waals surface area contributed by atoms with Crippen molar-refractivity contribution in [2.45, 2.75) is 12.5 Å². The lowest BCUT2D eigenvalue weighted by Gasteiger charge is -2.24. The number of fused-ring (bicyclic) bond motifs is 1. The molecule has 1 aliphatic rings. The van der Waals surface area contributed by atoms with E-state index in [-0.39, 0.29) is 17.7 Å². The Kier molecular flexibility index (Phi) is 2.66. The van der Waals surface area contributed by atoms with E-state index in [1.165, 1.54) is 16.8 Å². The van der Waals surface area contributed by atoms with E-state index in [2.05, 4.69) is 15.4 Å². The van der Waals surface area contributed by atoms with Crippen LogP contribution < -0.4 is 5.32 Å². The average Bonchev–Trinajstić information content (AvgIpc) is 2.82. The fourth-order valence-corrected chi connectivity index (χ4v) is 2.22. The van der Waals surface area contributed by atoms with Crippen LogP contribution in [0.25, 0.3) is 0 Å². The lowest BCUT2D eigenvalue weighted by atomic mass is 10.0. The van der Waals surface area contributed by atoms with Crippen LogP contribution in [0, 0.1) is 5.82 Å². The normalized spacial score (nSPS) is 17.6. The van der Waals surface area contributed by atoms with Crippen molar-refractivity contribution in [3.8, 4) is 0 Å². The molecule has 1 aromatic carbocycles. The molecule has 98 valence electrons. The Morgan fingerprint density at radius 3 is 3.11 bits per heavy atom. The number of nitrogens with one attached hydrogen (secondary N) is 1. The number of aromatic nitrogens is 3. The van der Waals surface area contributed by atoms with Crippen molar-refractivity contribution < 1.29 is 14.3 Å². The van der Waals surface area contributed by atoms with Crippen molar-refractivity contribution in [3.63, 3.8) is 0 Å². The molecule has 1 unspecified atom stereocenters. The van der Waals surface area contributed by atoms with Crippen molar-refractivity contribution in [3.05, 3.63) is 41.5 Å². The largest absolute Gasteiger partial charge is 0.475 e. The summed E-state index contributed by atoms with van der Waals surface area (Å²) in [4.78, 5) is 14.8. The van der Waals surface area contributed by atoms with E-state index in [1.54, 1.807) is 12.1 Å². The number of carboxylic acids is 1. The SMILES string of the molecule is O=C(O)c1nc2n(n1)C(c1cccc(F)c1)CCN2. The summed E-state index contributed by atoms with van der Waals surface area (Å²) in [5.74, 6) is -1.36. The molecule has 1 aliphatic heterocycles. The number of carboxylic acid groups (broad SMARTS) is 1. The Balaban J connectivity index is 2.04. The first-order chi connectivity index (χ1) is 9.15. The van der Waals surface area contributed by atoms with Gasteiger partial charge in [0, 0.05) is 6.54 Å². The van der Waals surface area contributed by atoms with Crippen LogP contribution in [-0.2, 0) is 0 Å². The van der Waals surface area contributed by atoms with Crippen LogP contribution >= 0.6 is 0 Å². The van der Waals surface area contributed by atoms with Gasteiger partial charge < -0.3 is 10.4 Å². The zero-order valence-corrected chi connectivity index (χ0v) is 9.88. The van der Waals surface area contributed by atoms with E-state index < -0.39 is 5.97 Å². The predicted octanol–water partition coefficient (Wildman–Crippen LogP) is 1.52. The van der Waals surface area contributed by atoms with Crippen molar-refractivity contribution >= 4 is 11.9 Å². The van der Waals surface area contributed by atoms with Gasteiger partial charge in [0.25, 0.3) is 5.82 Å². The fourth-order valence-electron chi connectivity index (χ4n) is 2.22. The molecule has 0 aliphatic carbocycles. The van der Waals surface area contributed by atoms with Crippen LogP contribution in [0.2, 0.25) is 0 Å². The van der Waals surface area contributed by atoms with Gasteiger partial charge in [-0.15, -0.1) is 5.10 Å². The van der Waals surface area contributed by atoms with E-state index in [0.29, 0.717) is 18.9 Å². The molecule has 2 heterocycles. The van der Waals surface area contributed by atoms with Crippen LogP contribution in [0.1, 0.15) is 28.6 Å². The third-order valence-electron chi connectivity index (χ3n) is 3.05. The standard InChI is InChI=1S/C12H11FN4O2/c13-8-3-1-2-7(6-8)9-4-5-14-12-15-10(11(18)19)16-17(9)12/h1-3,6,9H,4-5H2,(H,18,19)(H,14,15,16). The smallest absolute Gasteiger partial charge is 0.375 e. The molecular weight excluding hydrogens is 251 g/mol. The van der Waals surface area contributed by atoms with E-state index in [4.69, 9.17) is 5.11 Å². The molecule has 0 amide bonds. The number of halogens is 1. The first-order valence-electron chi connectivity index (χ1n) is 5.84. The summed E-state index contributed by atoms with van der Waals surface area (Å²) in [5, 5.41) is 15.9. The molecule has 1 aromatic heterocycles. The summed E-state index contributed by atoms with van der Waals surface area (Å²) in [6.45, 7) is 0.638. The van der Waals surface area contributed by atoms with Gasteiger partial charge in [-0.25, -0.2) is 13.9 Å². The molecule has 0 bridgehead atoms. The van der Waals surface area contributed by atoms with E-state index in [1.807, 2.05) is 0 Å². The van der Waals surface area contributed by atoms with Gasteiger partial charge in [0.05, 0.1) is 6.04 Å². The highest BCUT2D eigenvalue weighted by atomic mass is 19.1. The zero-order chi connectivity index (χ0) is 13.4. The maximum Gasteiger partial charge on any atom is 0.375 e. The number of hydrogen-bond donors (Lipinski definition) is 2. The number of anilines is 1. The Morgan fingerprint density at radius 2 is 2.37 bits per heavy atom. The third-order valence-corrected chi connectivity index (χ3v) is 3.05. The van der Waals surface area contributed by atoms with Crippen LogP contribution in [0.3, 0.4) is 0 Å². The summed E-state index contributed by atoms with van der Waals surface area (Å²) in [6, 6.07) is 6.02. The van der Waals surface area contributed by atoms with Gasteiger partial charge in [-0.05, 0) is 24.1 Å². The minimum absolute atomic E-state index is 0.201. The highest BCUT2D eigenvalue weighted by Crippen LogP contribution is 2.28. The van der Waals surface area contributed by atoms with Gasteiger partial charge in [0.2, 0.25) is 5.95 Å². The fraction of sp³-hybridized carbons (Fsp3) is 0.250. The lowest BCUT2D eigenvalue weighted by molar-refractivity contribution is 0.0683. The van der Waals surface area contributed by atoms with Crippen molar-refractivity contribution in [1.29, 1.82) is 0 Å². The van der Waals surface area contributed by atoms with Crippen LogP contribution in [0.15, 0.2) is 24.3 Å². The molecule has 0 saturated heterocycles. The molecule has 0 fully saturated rings. The molecule has 1 atom stereocenters. The quantitative estimate of drug-likeness (QED) is 0.857. The number of nitrogens with zero attached hydrogens (tertiary/aromatic N) is 3. The third kappa shape index (κ3) is 2.03. The molecular formula is C12H11FN4O2. The van der Waals surface area contributed by atoms with Crippen LogP contribution in [-0.4, -0.2) is 32.4 Å². The maximum absolute atomic E-state index is 13.3. The molecule has 6 nitrogen and oxygen atoms in total. The summed E-state index contributed by atoms with van der Waals surface area (Å²) >= 11 is 0. The van der Waals surface area contributed by atoms with Crippen LogP contribution in [0.4, 0.5) is 10.3 Å². The number of hydrogen-bond acceptors (Lipinski definition) is 4. The Bertz CT molecular complexity index is 640. The highest BCUT2D eigenvalue weighted by Gasteiger charge is 2.26. The van der Waals surface area contributed by atoms with E-state index in [9.17, 15) is 9.18 Å².